The maximum atomic E-state index is 6.01. The lowest BCUT2D eigenvalue weighted by Crippen LogP contribution is -2.05. The summed E-state index contributed by atoms with van der Waals surface area (Å²) in [6, 6.07) is 14.3. The zero-order valence-electron chi connectivity index (χ0n) is 11.9. The molecule has 2 aromatic rings. The smallest absolute Gasteiger partial charge is 0.123 e. The quantitative estimate of drug-likeness (QED) is 0.867. The molecule has 0 aliphatic rings. The van der Waals surface area contributed by atoms with Crippen molar-refractivity contribution in [2.24, 2.45) is 5.73 Å². The van der Waals surface area contributed by atoms with Gasteiger partial charge in [-0.05, 0) is 40.8 Å². The molecule has 0 unspecified atom stereocenters. The Hall–Kier alpha value is -1.32. The van der Waals surface area contributed by atoms with Crippen LogP contribution < -0.4 is 10.5 Å². The monoisotopic (exact) mass is 333 g/mol. The summed E-state index contributed by atoms with van der Waals surface area (Å²) in [6.45, 7) is 5.43. The van der Waals surface area contributed by atoms with Gasteiger partial charge in [-0.1, -0.05) is 54.0 Å². The molecule has 0 spiro atoms. The van der Waals surface area contributed by atoms with E-state index in [2.05, 4.69) is 41.9 Å². The summed E-state index contributed by atoms with van der Waals surface area (Å²) in [5.74, 6) is 1.36. The fraction of sp³-hybridized carbons (Fsp3) is 0.294. The highest BCUT2D eigenvalue weighted by Gasteiger charge is 2.09. The van der Waals surface area contributed by atoms with Crippen LogP contribution in [0, 0.1) is 0 Å². The van der Waals surface area contributed by atoms with E-state index < -0.39 is 0 Å². The van der Waals surface area contributed by atoms with Crippen LogP contribution in [0.15, 0.2) is 46.9 Å². The summed E-state index contributed by atoms with van der Waals surface area (Å²) in [6.07, 6.45) is 0. The number of benzene rings is 2. The molecule has 2 aromatic carbocycles. The second-order valence-corrected chi connectivity index (χ2v) is 6.01. The molecule has 0 amide bonds. The first-order valence-corrected chi connectivity index (χ1v) is 7.60. The van der Waals surface area contributed by atoms with Crippen LogP contribution in [-0.2, 0) is 13.2 Å². The highest BCUT2D eigenvalue weighted by atomic mass is 79.9. The number of hydrogen-bond donors (Lipinski definition) is 1. The van der Waals surface area contributed by atoms with Crippen LogP contribution in [0.2, 0.25) is 0 Å². The lowest BCUT2D eigenvalue weighted by Gasteiger charge is -2.15. The fourth-order valence-corrected chi connectivity index (χ4v) is 2.53. The van der Waals surface area contributed by atoms with Crippen molar-refractivity contribution in [3.8, 4) is 5.75 Å². The van der Waals surface area contributed by atoms with E-state index in [1.165, 1.54) is 5.56 Å². The maximum absolute atomic E-state index is 6.01. The Bertz CT molecular complexity index is 581. The average Bonchev–Trinajstić information content (AvgIpc) is 2.46. The Morgan fingerprint density at radius 1 is 1.10 bits per heavy atom. The van der Waals surface area contributed by atoms with Gasteiger partial charge >= 0.3 is 0 Å². The molecule has 0 atom stereocenters. The molecule has 0 saturated heterocycles. The summed E-state index contributed by atoms with van der Waals surface area (Å²) < 4.78 is 7.09. The van der Waals surface area contributed by atoms with Crippen LogP contribution in [0.25, 0.3) is 0 Å². The van der Waals surface area contributed by atoms with Crippen molar-refractivity contribution in [2.75, 3.05) is 0 Å². The Kier molecular flexibility index (Phi) is 5.21. The molecular formula is C17H20BrNO. The lowest BCUT2D eigenvalue weighted by molar-refractivity contribution is 0.300. The van der Waals surface area contributed by atoms with E-state index in [-0.39, 0.29) is 0 Å². The average molecular weight is 334 g/mol. The first-order valence-electron chi connectivity index (χ1n) is 6.81. The normalized spacial score (nSPS) is 10.8. The van der Waals surface area contributed by atoms with E-state index in [9.17, 15) is 0 Å². The molecule has 0 heterocycles. The lowest BCUT2D eigenvalue weighted by atomic mass is 10.0. The van der Waals surface area contributed by atoms with Crippen molar-refractivity contribution in [1.82, 2.24) is 0 Å². The highest BCUT2D eigenvalue weighted by Crippen LogP contribution is 2.30. The summed E-state index contributed by atoms with van der Waals surface area (Å²) in [5, 5.41) is 0. The van der Waals surface area contributed by atoms with Crippen molar-refractivity contribution >= 4 is 15.9 Å². The fourth-order valence-electron chi connectivity index (χ4n) is 2.15. The molecule has 2 nitrogen and oxygen atoms in total. The molecule has 0 aliphatic carbocycles. The third-order valence-electron chi connectivity index (χ3n) is 3.32. The van der Waals surface area contributed by atoms with Crippen LogP contribution in [0.3, 0.4) is 0 Å². The molecule has 20 heavy (non-hydrogen) atoms. The van der Waals surface area contributed by atoms with Crippen molar-refractivity contribution in [3.63, 3.8) is 0 Å². The summed E-state index contributed by atoms with van der Waals surface area (Å²) in [4.78, 5) is 0. The van der Waals surface area contributed by atoms with Gasteiger partial charge < -0.3 is 10.5 Å². The zero-order valence-corrected chi connectivity index (χ0v) is 13.5. The van der Waals surface area contributed by atoms with Crippen LogP contribution in [0.4, 0.5) is 0 Å². The molecule has 0 bridgehead atoms. The van der Waals surface area contributed by atoms with E-state index in [1.54, 1.807) is 0 Å². The molecule has 0 saturated carbocycles. The number of ether oxygens (including phenoxy) is 1. The second-order valence-electron chi connectivity index (χ2n) is 5.10. The highest BCUT2D eigenvalue weighted by molar-refractivity contribution is 9.10. The van der Waals surface area contributed by atoms with Gasteiger partial charge in [0.25, 0.3) is 0 Å². The molecule has 0 aromatic heterocycles. The molecule has 0 aliphatic heterocycles. The van der Waals surface area contributed by atoms with Crippen molar-refractivity contribution in [3.05, 3.63) is 63.6 Å². The topological polar surface area (TPSA) is 35.2 Å². The van der Waals surface area contributed by atoms with Crippen molar-refractivity contribution in [2.45, 2.75) is 32.9 Å². The van der Waals surface area contributed by atoms with Crippen molar-refractivity contribution < 1.29 is 4.74 Å². The number of halogens is 1. The van der Waals surface area contributed by atoms with E-state index in [4.69, 9.17) is 10.5 Å². The van der Waals surface area contributed by atoms with Gasteiger partial charge in [0.05, 0.1) is 0 Å². The number of hydrogen-bond acceptors (Lipinski definition) is 2. The standard InChI is InChI=1S/C17H20BrNO/c1-12(2)16-9-15(18)7-8-17(16)20-11-14-6-4-3-5-13(14)10-19/h3-9,12H,10-11,19H2,1-2H3. The minimum atomic E-state index is 0.423. The van der Waals surface area contributed by atoms with E-state index in [1.807, 2.05) is 30.3 Å². The number of rotatable bonds is 5. The summed E-state index contributed by atoms with van der Waals surface area (Å²) in [5.41, 5.74) is 9.25. The van der Waals surface area contributed by atoms with Crippen LogP contribution in [0.5, 0.6) is 5.75 Å². The first-order chi connectivity index (χ1) is 9.61. The molecule has 2 rings (SSSR count). The van der Waals surface area contributed by atoms with E-state index in [0.29, 0.717) is 19.1 Å². The number of nitrogens with two attached hydrogens (primary N) is 1. The Morgan fingerprint density at radius 3 is 2.45 bits per heavy atom. The predicted octanol–water partition coefficient (Wildman–Crippen LogP) is 4.61. The van der Waals surface area contributed by atoms with E-state index >= 15 is 0 Å². The van der Waals surface area contributed by atoms with E-state index in [0.717, 1.165) is 21.3 Å². The van der Waals surface area contributed by atoms with Gasteiger partial charge in [0.15, 0.2) is 0 Å². The summed E-state index contributed by atoms with van der Waals surface area (Å²) >= 11 is 3.51. The van der Waals surface area contributed by atoms with Crippen LogP contribution in [0.1, 0.15) is 36.5 Å². The third-order valence-corrected chi connectivity index (χ3v) is 3.81. The van der Waals surface area contributed by atoms with Crippen LogP contribution in [-0.4, -0.2) is 0 Å². The summed E-state index contributed by atoms with van der Waals surface area (Å²) in [7, 11) is 0. The Labute approximate surface area is 129 Å². The second kappa shape index (κ2) is 6.91. The first kappa shape index (κ1) is 15.1. The maximum Gasteiger partial charge on any atom is 0.123 e. The van der Waals surface area contributed by atoms with Crippen molar-refractivity contribution in [1.29, 1.82) is 0 Å². The van der Waals surface area contributed by atoms with Gasteiger partial charge in [0.2, 0.25) is 0 Å². The van der Waals surface area contributed by atoms with Gasteiger partial charge in [0, 0.05) is 11.0 Å². The third kappa shape index (κ3) is 3.62. The van der Waals surface area contributed by atoms with Crippen LogP contribution >= 0.6 is 15.9 Å². The predicted molar refractivity (Wildman–Crippen MR) is 86.9 cm³/mol. The molecule has 3 heteroatoms. The van der Waals surface area contributed by atoms with Gasteiger partial charge in [-0.15, -0.1) is 0 Å². The largest absolute Gasteiger partial charge is 0.489 e. The SMILES string of the molecule is CC(C)c1cc(Br)ccc1OCc1ccccc1CN. The molecule has 106 valence electrons. The Morgan fingerprint density at radius 2 is 1.80 bits per heavy atom. The zero-order chi connectivity index (χ0) is 14.5. The minimum Gasteiger partial charge on any atom is -0.489 e. The van der Waals surface area contributed by atoms with Gasteiger partial charge in [-0.25, -0.2) is 0 Å². The minimum absolute atomic E-state index is 0.423. The van der Waals surface area contributed by atoms with Gasteiger partial charge in [0.1, 0.15) is 12.4 Å². The van der Waals surface area contributed by atoms with Gasteiger partial charge in [-0.2, -0.15) is 0 Å². The molecular weight excluding hydrogens is 314 g/mol. The molecule has 2 N–H and O–H groups in total. The molecule has 0 fully saturated rings. The van der Waals surface area contributed by atoms with Gasteiger partial charge in [-0.3, -0.25) is 0 Å². The molecule has 0 radical (unpaired) electrons. The Balaban J connectivity index is 2.19.